The van der Waals surface area contributed by atoms with Crippen LogP contribution >= 0.6 is 0 Å². The topological polar surface area (TPSA) is 175 Å². The summed E-state index contributed by atoms with van der Waals surface area (Å²) in [5.41, 5.74) is 0. The Morgan fingerprint density at radius 3 is 1.17 bits per heavy atom. The van der Waals surface area contributed by atoms with E-state index in [0.29, 0.717) is 19.4 Å². The summed E-state index contributed by atoms with van der Waals surface area (Å²) in [6, 6.07) is -0.808. The smallest absolute Gasteiger partial charge is 0.305 e. The lowest BCUT2D eigenvalue weighted by Crippen LogP contribution is -2.60. The van der Waals surface area contributed by atoms with Gasteiger partial charge in [-0.25, -0.2) is 0 Å². The Hall–Kier alpha value is -2.64. The van der Waals surface area contributed by atoms with Crippen LogP contribution in [0.5, 0.6) is 0 Å². The zero-order chi connectivity index (χ0) is 63.7. The van der Waals surface area contributed by atoms with Gasteiger partial charge >= 0.3 is 5.97 Å². The van der Waals surface area contributed by atoms with Crippen LogP contribution in [-0.2, 0) is 23.8 Å². The molecule has 7 unspecified atom stereocenters. The van der Waals surface area contributed by atoms with Crippen LogP contribution in [0.15, 0.2) is 60.8 Å². The molecule has 1 rings (SSSR count). The third-order valence-corrected chi connectivity index (χ3v) is 17.6. The van der Waals surface area contributed by atoms with E-state index in [2.05, 4.69) is 67.8 Å². The summed E-state index contributed by atoms with van der Waals surface area (Å²) in [7, 11) is 0. The Morgan fingerprint density at radius 1 is 0.420 bits per heavy atom. The van der Waals surface area contributed by atoms with Crippen molar-refractivity contribution in [2.75, 3.05) is 19.8 Å². The highest BCUT2D eigenvalue weighted by atomic mass is 16.7. The first kappa shape index (κ1) is 83.4. The molecule has 6 N–H and O–H groups in total. The molecule has 0 aromatic heterocycles. The van der Waals surface area contributed by atoms with Crippen molar-refractivity contribution >= 4 is 11.9 Å². The Bertz CT molecular complexity index is 1650. The third kappa shape index (κ3) is 54.0. The van der Waals surface area contributed by atoms with Gasteiger partial charge in [0.1, 0.15) is 24.4 Å². The molecule has 1 amide bonds. The minimum absolute atomic E-state index is 0.00409. The molecule has 0 spiro atoms. The van der Waals surface area contributed by atoms with E-state index in [1.807, 2.05) is 6.08 Å². The van der Waals surface area contributed by atoms with Gasteiger partial charge in [0.15, 0.2) is 6.29 Å². The van der Waals surface area contributed by atoms with Crippen LogP contribution in [0.25, 0.3) is 0 Å². The van der Waals surface area contributed by atoms with Gasteiger partial charge in [-0.2, -0.15) is 0 Å². The Morgan fingerprint density at radius 2 is 0.761 bits per heavy atom. The molecule has 0 saturated carbocycles. The highest BCUT2D eigenvalue weighted by Gasteiger charge is 2.44. The molecule has 0 aliphatic carbocycles. The van der Waals surface area contributed by atoms with Crippen LogP contribution in [-0.4, -0.2) is 100 Å². The summed E-state index contributed by atoms with van der Waals surface area (Å²) in [5, 5.41) is 54.4. The minimum Gasteiger partial charge on any atom is -0.466 e. The van der Waals surface area contributed by atoms with Crippen molar-refractivity contribution in [1.29, 1.82) is 0 Å². The highest BCUT2D eigenvalue weighted by molar-refractivity contribution is 5.76. The van der Waals surface area contributed by atoms with Gasteiger partial charge in [-0.1, -0.05) is 306 Å². The van der Waals surface area contributed by atoms with Gasteiger partial charge in [-0.3, -0.25) is 9.59 Å². The second-order valence-corrected chi connectivity index (χ2v) is 26.0. The Labute approximate surface area is 541 Å². The summed E-state index contributed by atoms with van der Waals surface area (Å²) in [6.45, 7) is 4.32. The molecule has 0 aromatic carbocycles. The number of unbranched alkanes of at least 4 members (excludes halogenated alkanes) is 44. The van der Waals surface area contributed by atoms with Gasteiger partial charge in [-0.05, 0) is 96.3 Å². The van der Waals surface area contributed by atoms with Crippen LogP contribution in [0.2, 0.25) is 0 Å². The van der Waals surface area contributed by atoms with Gasteiger partial charge in [0, 0.05) is 12.8 Å². The van der Waals surface area contributed by atoms with Gasteiger partial charge in [0.2, 0.25) is 5.91 Å². The van der Waals surface area contributed by atoms with Crippen LogP contribution in [0.4, 0.5) is 0 Å². The summed E-state index contributed by atoms with van der Waals surface area (Å²) in [5.74, 6) is -0.184. The minimum atomic E-state index is -1.57. The monoisotopic (exact) mass is 1240 g/mol. The molecule has 0 aromatic rings. The van der Waals surface area contributed by atoms with E-state index in [-0.39, 0.29) is 18.5 Å². The van der Waals surface area contributed by atoms with Crippen LogP contribution in [0.1, 0.15) is 354 Å². The van der Waals surface area contributed by atoms with E-state index >= 15 is 0 Å². The van der Waals surface area contributed by atoms with E-state index in [1.54, 1.807) is 6.08 Å². The average Bonchev–Trinajstić information content (AvgIpc) is 3.63. The first-order valence-electron chi connectivity index (χ1n) is 37.6. The lowest BCUT2D eigenvalue weighted by molar-refractivity contribution is -0.302. The van der Waals surface area contributed by atoms with Crippen molar-refractivity contribution in [2.45, 2.75) is 397 Å². The second kappa shape index (κ2) is 65.8. The summed E-state index contributed by atoms with van der Waals surface area (Å²) >= 11 is 0. The molecule has 7 atom stereocenters. The fourth-order valence-electron chi connectivity index (χ4n) is 11.7. The highest BCUT2D eigenvalue weighted by Crippen LogP contribution is 2.23. The number of nitrogens with one attached hydrogen (secondary N) is 1. The molecular weight excluding hydrogens is 1100 g/mol. The molecule has 11 nitrogen and oxygen atoms in total. The lowest BCUT2D eigenvalue weighted by atomic mass is 9.99. The lowest BCUT2D eigenvalue weighted by Gasteiger charge is -2.40. The number of hydrogen-bond acceptors (Lipinski definition) is 10. The van der Waals surface area contributed by atoms with E-state index in [4.69, 9.17) is 14.2 Å². The van der Waals surface area contributed by atoms with Crippen LogP contribution in [0.3, 0.4) is 0 Å². The van der Waals surface area contributed by atoms with Gasteiger partial charge in [0.25, 0.3) is 0 Å². The maximum Gasteiger partial charge on any atom is 0.305 e. The van der Waals surface area contributed by atoms with E-state index < -0.39 is 49.5 Å². The largest absolute Gasteiger partial charge is 0.466 e. The van der Waals surface area contributed by atoms with E-state index in [9.17, 15) is 35.1 Å². The van der Waals surface area contributed by atoms with Gasteiger partial charge < -0.3 is 45.1 Å². The zero-order valence-corrected chi connectivity index (χ0v) is 57.2. The number of aliphatic hydroxyl groups excluding tert-OH is 5. The number of hydrogen-bond donors (Lipinski definition) is 6. The fourth-order valence-corrected chi connectivity index (χ4v) is 11.7. The molecule has 11 heteroatoms. The number of amides is 1. The van der Waals surface area contributed by atoms with Crippen molar-refractivity contribution in [3.63, 3.8) is 0 Å². The zero-order valence-electron chi connectivity index (χ0n) is 57.2. The molecule has 1 saturated heterocycles. The molecule has 0 bridgehead atoms. The second-order valence-electron chi connectivity index (χ2n) is 26.0. The number of rotatable bonds is 66. The Kier molecular flexibility index (Phi) is 62.4. The maximum absolute atomic E-state index is 13.0. The number of allylic oxidation sites excluding steroid dienone is 9. The quantitative estimate of drug-likeness (QED) is 0.0195. The molecule has 1 fully saturated rings. The van der Waals surface area contributed by atoms with Crippen LogP contribution < -0.4 is 5.32 Å². The average molecular weight is 1240 g/mol. The number of ether oxygens (including phenoxy) is 3. The molecule has 1 heterocycles. The van der Waals surface area contributed by atoms with E-state index in [1.165, 1.54) is 257 Å². The molecule has 1 aliphatic rings. The summed E-state index contributed by atoms with van der Waals surface area (Å²) in [4.78, 5) is 25.1. The number of carbonyl (C=O) groups is 2. The molecule has 0 radical (unpaired) electrons. The number of esters is 1. The Balaban J connectivity index is 1.91. The maximum atomic E-state index is 13.0. The first-order chi connectivity index (χ1) is 43.2. The summed E-state index contributed by atoms with van der Waals surface area (Å²) < 4.78 is 16.7. The van der Waals surface area contributed by atoms with Crippen molar-refractivity contribution in [3.05, 3.63) is 60.8 Å². The number of aliphatic hydroxyl groups is 5. The predicted molar refractivity (Wildman–Crippen MR) is 370 cm³/mol. The molecule has 88 heavy (non-hydrogen) atoms. The third-order valence-electron chi connectivity index (χ3n) is 17.6. The normalized spacial score (nSPS) is 18.1. The molecular formula is C77H141NO10. The van der Waals surface area contributed by atoms with Crippen molar-refractivity contribution in [3.8, 4) is 0 Å². The van der Waals surface area contributed by atoms with E-state index in [0.717, 1.165) is 70.6 Å². The van der Waals surface area contributed by atoms with Crippen LogP contribution in [0, 0.1) is 0 Å². The SMILES string of the molecule is CCCCC/C=C\C/C=C\CCCCCCCC(=O)OCCCCCCCCCCCCC/C=C\C/C=C\CCCCCCCCCCCCCCCCCCCC(=O)NC(COC1OC(CO)C(O)C(O)C1O)C(O)/C=C/CCCCCCCCCC. The predicted octanol–water partition coefficient (Wildman–Crippen LogP) is 19.7. The molecule has 514 valence electrons. The first-order valence-corrected chi connectivity index (χ1v) is 37.6. The summed E-state index contributed by atoms with van der Waals surface area (Å²) in [6.07, 6.45) is 78.1. The van der Waals surface area contributed by atoms with Crippen molar-refractivity contribution in [2.24, 2.45) is 0 Å². The van der Waals surface area contributed by atoms with Gasteiger partial charge in [0.05, 0.1) is 32.0 Å². The standard InChI is InChI=1S/C77H141NO10/c1-3-5-7-9-11-13-15-16-38-42-45-49-53-57-61-65-73(82)86-66-62-58-54-50-46-43-40-37-35-33-31-29-27-25-23-21-19-17-18-20-22-24-26-28-30-32-34-36-39-41-44-48-52-56-60-64-72(81)78-69(68-87-77-76(85)75(84)74(83)71(67-79)88-77)70(80)63-59-55-51-47-14-12-10-8-6-4-2/h11,13,16,19,21,25,27,38,59,63,69-71,74-77,79-80,83-85H,3-10,12,14-15,17-18,20,22-24,26,28-37,39-58,60-62,64-68H2,1-2H3,(H,78,81)/b13-11-,21-19-,27-25-,38-16-,63-59+. The fraction of sp³-hybridized carbons (Fsp3) is 0.844. The van der Waals surface area contributed by atoms with Crippen molar-refractivity contribution < 1.29 is 49.3 Å². The molecule has 1 aliphatic heterocycles. The van der Waals surface area contributed by atoms with Crippen molar-refractivity contribution in [1.82, 2.24) is 5.32 Å². The van der Waals surface area contributed by atoms with Gasteiger partial charge in [-0.15, -0.1) is 0 Å². The number of carbonyl (C=O) groups excluding carboxylic acids is 2.